The first kappa shape index (κ1) is 14.9. The quantitative estimate of drug-likeness (QED) is 0.670. The smallest absolute Gasteiger partial charge is 0.242 e. The predicted molar refractivity (Wildman–Crippen MR) is 80.5 cm³/mol. The Bertz CT molecular complexity index is 512. The molecule has 1 aromatic rings. The molecule has 0 bridgehead atoms. The Morgan fingerprint density at radius 2 is 2.06 bits per heavy atom. The van der Waals surface area contributed by atoms with Crippen molar-refractivity contribution in [2.45, 2.75) is 30.2 Å². The first-order valence-corrected chi connectivity index (χ1v) is 9.55. The zero-order valence-corrected chi connectivity index (χ0v) is 14.4. The van der Waals surface area contributed by atoms with Crippen molar-refractivity contribution in [2.75, 3.05) is 13.1 Å². The summed E-state index contributed by atoms with van der Waals surface area (Å²) in [6.45, 7) is 1.32. The van der Waals surface area contributed by atoms with E-state index in [1.54, 1.807) is 6.07 Å². The molecule has 1 aromatic heterocycles. The lowest BCUT2D eigenvalue weighted by Crippen LogP contribution is -2.28. The first-order chi connectivity index (χ1) is 8.49. The van der Waals surface area contributed by atoms with E-state index in [0.717, 1.165) is 16.8 Å². The molecule has 0 atom stereocenters. The van der Waals surface area contributed by atoms with E-state index in [1.807, 2.05) is 0 Å². The van der Waals surface area contributed by atoms with E-state index >= 15 is 0 Å². The molecule has 18 heavy (non-hydrogen) atoms. The summed E-state index contributed by atoms with van der Waals surface area (Å²) >= 11 is 7.89. The van der Waals surface area contributed by atoms with Crippen LogP contribution in [0.15, 0.2) is 18.5 Å². The summed E-state index contributed by atoms with van der Waals surface area (Å²) in [7, 11) is -3.40. The van der Waals surface area contributed by atoms with E-state index in [9.17, 15) is 8.42 Å². The zero-order valence-electron chi connectivity index (χ0n) is 9.58. The van der Waals surface area contributed by atoms with Crippen LogP contribution in [0.2, 0.25) is 0 Å². The topological polar surface area (TPSA) is 58.2 Å². The molecule has 0 amide bonds. The van der Waals surface area contributed by atoms with Crippen molar-refractivity contribution in [3.05, 3.63) is 13.6 Å². The van der Waals surface area contributed by atoms with Crippen LogP contribution in [0.1, 0.15) is 19.3 Å². The highest BCUT2D eigenvalue weighted by Gasteiger charge is 2.21. The van der Waals surface area contributed by atoms with E-state index in [2.05, 4.69) is 41.9 Å². The molecule has 0 aliphatic heterocycles. The maximum Gasteiger partial charge on any atom is 0.242 e. The van der Waals surface area contributed by atoms with Crippen LogP contribution in [-0.4, -0.2) is 27.5 Å². The van der Waals surface area contributed by atoms with Crippen molar-refractivity contribution < 1.29 is 8.42 Å². The van der Waals surface area contributed by atoms with Gasteiger partial charge in [0, 0.05) is 12.6 Å². The van der Waals surface area contributed by atoms with Crippen LogP contribution in [0, 0.1) is 0 Å². The Labute approximate surface area is 128 Å². The van der Waals surface area contributed by atoms with Gasteiger partial charge in [0.15, 0.2) is 0 Å². The van der Waals surface area contributed by atoms with E-state index in [1.165, 1.54) is 24.2 Å². The van der Waals surface area contributed by atoms with Crippen molar-refractivity contribution in [3.63, 3.8) is 0 Å². The third kappa shape index (κ3) is 4.28. The zero-order chi connectivity index (χ0) is 13.2. The molecule has 102 valence electrons. The van der Waals surface area contributed by atoms with Crippen molar-refractivity contribution in [3.8, 4) is 0 Å². The minimum absolute atomic E-state index is 0.300. The number of rotatable bonds is 7. The third-order valence-electron chi connectivity index (χ3n) is 2.57. The van der Waals surface area contributed by atoms with Gasteiger partial charge in [-0.1, -0.05) is 0 Å². The molecule has 0 unspecified atom stereocenters. The van der Waals surface area contributed by atoms with E-state index in [0.29, 0.717) is 21.3 Å². The summed E-state index contributed by atoms with van der Waals surface area (Å²) in [6, 6.07) is 2.28. The number of sulfonamides is 1. The molecule has 1 heterocycles. The number of thiophene rings is 1. The third-order valence-corrected chi connectivity index (χ3v) is 6.79. The lowest BCUT2D eigenvalue weighted by atomic mass is 10.4. The molecular weight excluding hydrogens is 404 g/mol. The first-order valence-electron chi connectivity index (χ1n) is 5.67. The molecule has 4 nitrogen and oxygen atoms in total. The van der Waals surface area contributed by atoms with Gasteiger partial charge in [-0.25, -0.2) is 13.1 Å². The molecular formula is C10H14Br2N2O2S2. The minimum Gasteiger partial charge on any atom is -0.314 e. The molecule has 1 fully saturated rings. The van der Waals surface area contributed by atoms with Crippen molar-refractivity contribution in [2.24, 2.45) is 0 Å². The molecule has 0 saturated heterocycles. The fraction of sp³-hybridized carbons (Fsp3) is 0.600. The lowest BCUT2D eigenvalue weighted by molar-refractivity contribution is 0.573. The Morgan fingerprint density at radius 3 is 2.61 bits per heavy atom. The number of hydrogen-bond acceptors (Lipinski definition) is 4. The second kappa shape index (κ2) is 6.32. The molecule has 8 heteroatoms. The summed E-state index contributed by atoms with van der Waals surface area (Å²) < 4.78 is 28.0. The second-order valence-corrected chi connectivity index (χ2v) is 9.65. The van der Waals surface area contributed by atoms with Gasteiger partial charge >= 0.3 is 0 Å². The van der Waals surface area contributed by atoms with Crippen LogP contribution >= 0.6 is 43.2 Å². The Hall–Kier alpha value is 0.530. The summed E-state index contributed by atoms with van der Waals surface area (Å²) in [5.41, 5.74) is 0. The van der Waals surface area contributed by atoms with E-state index < -0.39 is 10.0 Å². The van der Waals surface area contributed by atoms with Crippen LogP contribution in [0.4, 0.5) is 0 Å². The SMILES string of the molecule is O=S(=O)(NCCCNC1CC1)c1cc(Br)sc1Br. The molecule has 1 aliphatic carbocycles. The second-order valence-electron chi connectivity index (χ2n) is 4.17. The van der Waals surface area contributed by atoms with Crippen molar-refractivity contribution >= 4 is 53.2 Å². The van der Waals surface area contributed by atoms with Crippen LogP contribution < -0.4 is 10.0 Å². The average Bonchev–Trinajstić information content (AvgIpc) is 3.03. The highest BCUT2D eigenvalue weighted by molar-refractivity contribution is 9.12. The summed E-state index contributed by atoms with van der Waals surface area (Å²) in [6.07, 6.45) is 3.31. The van der Waals surface area contributed by atoms with E-state index in [4.69, 9.17) is 0 Å². The summed E-state index contributed by atoms with van der Waals surface area (Å²) in [5, 5.41) is 3.35. The van der Waals surface area contributed by atoms with Gasteiger partial charge in [0.25, 0.3) is 0 Å². The Kier molecular flexibility index (Phi) is 5.24. The molecule has 1 saturated carbocycles. The van der Waals surface area contributed by atoms with Crippen LogP contribution in [-0.2, 0) is 10.0 Å². The molecule has 1 aliphatic rings. The normalized spacial score (nSPS) is 16.1. The Balaban J connectivity index is 1.81. The predicted octanol–water partition coefficient (Wildman–Crippen LogP) is 2.69. The maximum atomic E-state index is 12.0. The van der Waals surface area contributed by atoms with Gasteiger partial charge in [-0.3, -0.25) is 0 Å². The molecule has 0 radical (unpaired) electrons. The number of halogens is 2. The average molecular weight is 418 g/mol. The highest BCUT2D eigenvalue weighted by Crippen LogP contribution is 2.34. The number of hydrogen-bond donors (Lipinski definition) is 2. The van der Waals surface area contributed by atoms with Gasteiger partial charge in [-0.2, -0.15) is 0 Å². The molecule has 2 rings (SSSR count). The number of nitrogens with one attached hydrogen (secondary N) is 2. The van der Waals surface area contributed by atoms with Crippen LogP contribution in [0.25, 0.3) is 0 Å². The van der Waals surface area contributed by atoms with Gasteiger partial charge in [0.05, 0.1) is 7.57 Å². The highest BCUT2D eigenvalue weighted by atomic mass is 79.9. The largest absolute Gasteiger partial charge is 0.314 e. The monoisotopic (exact) mass is 416 g/mol. The van der Waals surface area contributed by atoms with Crippen LogP contribution in [0.5, 0.6) is 0 Å². The van der Waals surface area contributed by atoms with Gasteiger partial charge in [0.2, 0.25) is 10.0 Å². The lowest BCUT2D eigenvalue weighted by Gasteiger charge is -2.06. The van der Waals surface area contributed by atoms with Gasteiger partial charge in [-0.15, -0.1) is 11.3 Å². The fourth-order valence-electron chi connectivity index (χ4n) is 1.47. The molecule has 0 aromatic carbocycles. The van der Waals surface area contributed by atoms with Crippen molar-refractivity contribution in [1.82, 2.24) is 10.0 Å². The van der Waals surface area contributed by atoms with Gasteiger partial charge in [-0.05, 0) is 63.7 Å². The fourth-order valence-corrected chi connectivity index (χ4v) is 6.36. The van der Waals surface area contributed by atoms with Gasteiger partial charge < -0.3 is 5.32 Å². The Morgan fingerprint density at radius 1 is 1.33 bits per heavy atom. The van der Waals surface area contributed by atoms with E-state index in [-0.39, 0.29) is 0 Å². The summed E-state index contributed by atoms with van der Waals surface area (Å²) in [5.74, 6) is 0. The maximum absolute atomic E-state index is 12.0. The molecule has 0 spiro atoms. The molecule has 2 N–H and O–H groups in total. The standard InChI is InChI=1S/C10H14Br2N2O2S2/c11-9-6-8(10(12)17-9)18(15,16)14-5-1-4-13-7-2-3-7/h6-7,13-14H,1-5H2. The minimum atomic E-state index is -3.40. The van der Waals surface area contributed by atoms with Gasteiger partial charge in [0.1, 0.15) is 4.90 Å². The van der Waals surface area contributed by atoms with Crippen LogP contribution in [0.3, 0.4) is 0 Å². The summed E-state index contributed by atoms with van der Waals surface area (Å²) in [4.78, 5) is 0.300. The van der Waals surface area contributed by atoms with Crippen molar-refractivity contribution in [1.29, 1.82) is 0 Å².